The first-order valence-corrected chi connectivity index (χ1v) is 11.2. The van der Waals surface area contributed by atoms with Crippen LogP contribution in [0.5, 0.6) is 5.75 Å². The molecular formula is C25H24F3N5O3. The lowest BCUT2D eigenvalue weighted by atomic mass is 10.2. The van der Waals surface area contributed by atoms with Crippen LogP contribution < -0.4 is 10.1 Å². The van der Waals surface area contributed by atoms with E-state index in [0.717, 1.165) is 23.4 Å². The van der Waals surface area contributed by atoms with Gasteiger partial charge in [-0.2, -0.15) is 5.10 Å². The minimum atomic E-state index is -4.77. The van der Waals surface area contributed by atoms with Crippen LogP contribution in [0.25, 0.3) is 11.8 Å². The molecular weight excluding hydrogens is 475 g/mol. The normalized spacial score (nSPS) is 14.7. The number of benzene rings is 2. The number of carbonyl (C=O) groups excluding carboxylic acids is 2. The molecule has 0 atom stereocenters. The van der Waals surface area contributed by atoms with Gasteiger partial charge in [0.2, 0.25) is 11.8 Å². The maximum absolute atomic E-state index is 12.6. The van der Waals surface area contributed by atoms with Gasteiger partial charge in [-0.05, 0) is 42.5 Å². The van der Waals surface area contributed by atoms with Crippen LogP contribution in [0.1, 0.15) is 5.56 Å². The number of hydrogen-bond donors (Lipinski definition) is 1. The van der Waals surface area contributed by atoms with Crippen LogP contribution in [0.15, 0.2) is 73.1 Å². The van der Waals surface area contributed by atoms with Gasteiger partial charge in [0, 0.05) is 49.7 Å². The number of ether oxygens (including phenoxy) is 1. The van der Waals surface area contributed by atoms with E-state index in [0.29, 0.717) is 31.9 Å². The van der Waals surface area contributed by atoms with Crippen LogP contribution in [0.4, 0.5) is 18.9 Å². The molecule has 11 heteroatoms. The highest BCUT2D eigenvalue weighted by atomic mass is 19.4. The van der Waals surface area contributed by atoms with Crippen LogP contribution in [0, 0.1) is 0 Å². The van der Waals surface area contributed by atoms with Gasteiger partial charge in [0.1, 0.15) is 5.75 Å². The van der Waals surface area contributed by atoms with Crippen molar-refractivity contribution in [1.29, 1.82) is 0 Å². The van der Waals surface area contributed by atoms with Crippen molar-refractivity contribution < 1.29 is 27.5 Å². The molecule has 4 rings (SSSR count). The molecule has 0 aliphatic carbocycles. The molecule has 2 heterocycles. The maximum atomic E-state index is 12.6. The lowest BCUT2D eigenvalue weighted by molar-refractivity contribution is -0.274. The van der Waals surface area contributed by atoms with Gasteiger partial charge < -0.3 is 15.0 Å². The van der Waals surface area contributed by atoms with Crippen molar-refractivity contribution in [3.63, 3.8) is 0 Å². The Kier molecular flexibility index (Phi) is 7.69. The molecule has 8 nitrogen and oxygen atoms in total. The molecule has 1 saturated heterocycles. The molecule has 3 aromatic rings. The van der Waals surface area contributed by atoms with E-state index in [-0.39, 0.29) is 24.1 Å². The topological polar surface area (TPSA) is 79.7 Å². The zero-order valence-corrected chi connectivity index (χ0v) is 19.2. The van der Waals surface area contributed by atoms with E-state index in [1.54, 1.807) is 21.9 Å². The number of carbonyl (C=O) groups is 2. The van der Waals surface area contributed by atoms with Crippen molar-refractivity contribution in [3.05, 3.63) is 78.6 Å². The number of nitrogens with zero attached hydrogens (tertiary/aromatic N) is 4. The highest BCUT2D eigenvalue weighted by Crippen LogP contribution is 2.24. The summed E-state index contributed by atoms with van der Waals surface area (Å²) in [5.41, 5.74) is 2.10. The molecule has 1 N–H and O–H groups in total. The fraction of sp³-hybridized carbons (Fsp3) is 0.240. The number of amides is 2. The largest absolute Gasteiger partial charge is 0.573 e. The molecule has 1 aliphatic rings. The van der Waals surface area contributed by atoms with Gasteiger partial charge >= 0.3 is 6.36 Å². The molecule has 1 fully saturated rings. The Morgan fingerprint density at radius 1 is 1.00 bits per heavy atom. The summed E-state index contributed by atoms with van der Waals surface area (Å²) in [6.07, 6.45) is 1.99. The molecule has 0 radical (unpaired) electrons. The van der Waals surface area contributed by atoms with Crippen molar-refractivity contribution in [1.82, 2.24) is 19.6 Å². The Hall–Kier alpha value is -4.12. The maximum Gasteiger partial charge on any atom is 0.573 e. The fourth-order valence-electron chi connectivity index (χ4n) is 3.69. The summed E-state index contributed by atoms with van der Waals surface area (Å²) in [5.74, 6) is -0.775. The monoisotopic (exact) mass is 499 g/mol. The number of para-hydroxylation sites is 1. The molecule has 188 valence electrons. The number of hydrogen-bond acceptors (Lipinski definition) is 5. The van der Waals surface area contributed by atoms with E-state index >= 15 is 0 Å². The number of rotatable bonds is 7. The van der Waals surface area contributed by atoms with Gasteiger partial charge in [0.15, 0.2) is 0 Å². The van der Waals surface area contributed by atoms with Crippen molar-refractivity contribution in [2.45, 2.75) is 6.36 Å². The Balaban J connectivity index is 1.21. The molecule has 0 bridgehead atoms. The van der Waals surface area contributed by atoms with Crippen molar-refractivity contribution in [3.8, 4) is 11.4 Å². The van der Waals surface area contributed by atoms with Gasteiger partial charge in [-0.15, -0.1) is 13.2 Å². The summed E-state index contributed by atoms with van der Waals surface area (Å²) in [4.78, 5) is 28.5. The number of piperazine rings is 1. The molecule has 0 unspecified atom stereocenters. The van der Waals surface area contributed by atoms with E-state index in [1.807, 2.05) is 41.4 Å². The smallest absolute Gasteiger partial charge is 0.406 e. The van der Waals surface area contributed by atoms with Crippen LogP contribution in [-0.4, -0.2) is 70.5 Å². The van der Waals surface area contributed by atoms with E-state index in [4.69, 9.17) is 0 Å². The van der Waals surface area contributed by atoms with E-state index in [9.17, 15) is 22.8 Å². The lowest BCUT2D eigenvalue weighted by Gasteiger charge is -2.33. The zero-order chi connectivity index (χ0) is 25.5. The highest BCUT2D eigenvalue weighted by molar-refractivity contribution is 5.93. The summed E-state index contributed by atoms with van der Waals surface area (Å²) >= 11 is 0. The van der Waals surface area contributed by atoms with Gasteiger partial charge in [-0.25, -0.2) is 4.68 Å². The number of aromatic nitrogens is 2. The average Bonchev–Trinajstić information content (AvgIpc) is 3.33. The Bertz CT molecular complexity index is 1200. The summed E-state index contributed by atoms with van der Waals surface area (Å²) in [6, 6.07) is 14.6. The standard InChI is InChI=1S/C25H24F3N5O3/c26-25(27,28)36-22-9-7-20(8-10-22)30-23(34)18-31-12-14-32(15-13-31)24(35)11-6-19-16-29-33(17-19)21-4-2-1-3-5-21/h1-11,16-17H,12-15,18H2,(H,30,34)/b11-6+. The number of halogens is 3. The van der Waals surface area contributed by atoms with Crippen molar-refractivity contribution >= 4 is 23.6 Å². The predicted octanol–water partition coefficient (Wildman–Crippen LogP) is 3.57. The SMILES string of the molecule is O=C(CN1CCN(C(=O)/C=C/c2cnn(-c3ccccc3)c2)CC1)Nc1ccc(OC(F)(F)F)cc1. The third-order valence-electron chi connectivity index (χ3n) is 5.46. The molecule has 0 saturated carbocycles. The molecule has 2 amide bonds. The van der Waals surface area contributed by atoms with Crippen molar-refractivity contribution in [2.24, 2.45) is 0 Å². The number of anilines is 1. The predicted molar refractivity (Wildman–Crippen MR) is 127 cm³/mol. The van der Waals surface area contributed by atoms with E-state index in [2.05, 4.69) is 15.2 Å². The first-order chi connectivity index (χ1) is 17.2. The average molecular weight is 499 g/mol. The quantitative estimate of drug-likeness (QED) is 0.503. The minimum absolute atomic E-state index is 0.108. The first kappa shape index (κ1) is 25.0. The van der Waals surface area contributed by atoms with Crippen molar-refractivity contribution in [2.75, 3.05) is 38.0 Å². The Morgan fingerprint density at radius 2 is 1.69 bits per heavy atom. The van der Waals surface area contributed by atoms with E-state index in [1.165, 1.54) is 18.2 Å². The number of alkyl halides is 3. The first-order valence-electron chi connectivity index (χ1n) is 11.2. The third kappa shape index (κ3) is 7.19. The van der Waals surface area contributed by atoms with Gasteiger partial charge in [-0.3, -0.25) is 14.5 Å². The van der Waals surface area contributed by atoms with Crippen LogP contribution in [0.3, 0.4) is 0 Å². The molecule has 2 aromatic carbocycles. The van der Waals surface area contributed by atoms with Crippen LogP contribution in [0.2, 0.25) is 0 Å². The van der Waals surface area contributed by atoms with Gasteiger partial charge in [-0.1, -0.05) is 18.2 Å². The van der Waals surface area contributed by atoms with Gasteiger partial charge in [0.05, 0.1) is 18.4 Å². The highest BCUT2D eigenvalue weighted by Gasteiger charge is 2.31. The second kappa shape index (κ2) is 11.1. The summed E-state index contributed by atoms with van der Waals surface area (Å²) in [6.45, 7) is 2.11. The van der Waals surface area contributed by atoms with E-state index < -0.39 is 6.36 Å². The summed E-state index contributed by atoms with van der Waals surface area (Å²) in [5, 5.41) is 6.96. The van der Waals surface area contributed by atoms with Gasteiger partial charge in [0.25, 0.3) is 0 Å². The Morgan fingerprint density at radius 3 is 2.36 bits per heavy atom. The second-order valence-electron chi connectivity index (χ2n) is 8.11. The third-order valence-corrected chi connectivity index (χ3v) is 5.46. The summed E-state index contributed by atoms with van der Waals surface area (Å²) < 4.78 is 42.3. The molecule has 1 aliphatic heterocycles. The van der Waals surface area contributed by atoms with Crippen LogP contribution in [-0.2, 0) is 9.59 Å². The second-order valence-corrected chi connectivity index (χ2v) is 8.11. The summed E-state index contributed by atoms with van der Waals surface area (Å²) in [7, 11) is 0. The zero-order valence-electron chi connectivity index (χ0n) is 19.2. The molecule has 0 spiro atoms. The molecule has 36 heavy (non-hydrogen) atoms. The molecule has 1 aromatic heterocycles. The van der Waals surface area contributed by atoms with Crippen LogP contribution >= 0.6 is 0 Å². The Labute approximate surface area is 205 Å². The minimum Gasteiger partial charge on any atom is -0.406 e. The number of nitrogens with one attached hydrogen (secondary N) is 1. The fourth-order valence-corrected chi connectivity index (χ4v) is 3.69. The lowest BCUT2D eigenvalue weighted by Crippen LogP contribution is -2.50.